The summed E-state index contributed by atoms with van der Waals surface area (Å²) in [6, 6.07) is 8.45. The second kappa shape index (κ2) is 6.74. The van der Waals surface area contributed by atoms with Gasteiger partial charge in [-0.15, -0.1) is 0 Å². The number of allylic oxidation sites excluding steroid dienone is 1. The van der Waals surface area contributed by atoms with Gasteiger partial charge in [0.1, 0.15) is 0 Å². The van der Waals surface area contributed by atoms with Crippen LogP contribution in [-0.2, 0) is 14.9 Å². The summed E-state index contributed by atoms with van der Waals surface area (Å²) in [5, 5.41) is 0. The van der Waals surface area contributed by atoms with Gasteiger partial charge in [-0.25, -0.2) is 4.79 Å². The molecule has 0 saturated carbocycles. The molecule has 0 aromatic heterocycles. The average molecular weight is 274 g/mol. The van der Waals surface area contributed by atoms with Crippen molar-refractivity contribution in [3.63, 3.8) is 0 Å². The zero-order valence-electron chi connectivity index (χ0n) is 13.5. The summed E-state index contributed by atoms with van der Waals surface area (Å²) < 4.78 is 5.01. The van der Waals surface area contributed by atoms with Gasteiger partial charge < -0.3 is 4.74 Å². The molecule has 0 heterocycles. The van der Waals surface area contributed by atoms with E-state index in [0.29, 0.717) is 6.61 Å². The van der Waals surface area contributed by atoms with Crippen molar-refractivity contribution in [2.75, 3.05) is 6.61 Å². The lowest BCUT2D eigenvalue weighted by atomic mass is 9.85. The number of carbonyl (C=O) groups is 1. The van der Waals surface area contributed by atoms with Crippen LogP contribution in [0.2, 0.25) is 0 Å². The monoisotopic (exact) mass is 274 g/mol. The lowest BCUT2D eigenvalue weighted by molar-refractivity contribution is -0.137. The fraction of sp³-hybridized carbons (Fsp3) is 0.500. The van der Waals surface area contributed by atoms with Gasteiger partial charge >= 0.3 is 5.97 Å². The molecule has 0 N–H and O–H groups in total. The third-order valence-electron chi connectivity index (χ3n) is 3.27. The standard InChI is InChI=1S/C18H26O2/c1-7-20-17(19)12-16(13(2)3)14-8-10-15(11-9-14)18(4,5)6/h8-13H,7H2,1-6H3. The Morgan fingerprint density at radius 1 is 1.20 bits per heavy atom. The van der Waals surface area contributed by atoms with Gasteiger partial charge in [0, 0.05) is 6.08 Å². The molecule has 110 valence electrons. The van der Waals surface area contributed by atoms with Crippen LogP contribution in [0.3, 0.4) is 0 Å². The topological polar surface area (TPSA) is 26.3 Å². The van der Waals surface area contributed by atoms with Crippen LogP contribution < -0.4 is 0 Å². The molecule has 0 saturated heterocycles. The fourth-order valence-electron chi connectivity index (χ4n) is 2.06. The zero-order chi connectivity index (χ0) is 15.3. The normalized spacial score (nSPS) is 12.7. The van der Waals surface area contributed by atoms with E-state index in [2.05, 4.69) is 58.9 Å². The number of hydrogen-bond donors (Lipinski definition) is 0. The Morgan fingerprint density at radius 3 is 2.15 bits per heavy atom. The number of esters is 1. The van der Waals surface area contributed by atoms with Crippen molar-refractivity contribution in [1.82, 2.24) is 0 Å². The molecule has 0 aliphatic carbocycles. The Hall–Kier alpha value is -1.57. The van der Waals surface area contributed by atoms with E-state index in [0.717, 1.165) is 11.1 Å². The second-order valence-corrected chi connectivity index (χ2v) is 6.33. The van der Waals surface area contributed by atoms with Crippen molar-refractivity contribution >= 4 is 11.5 Å². The van der Waals surface area contributed by atoms with Crippen LogP contribution in [0.4, 0.5) is 0 Å². The van der Waals surface area contributed by atoms with Crippen LogP contribution in [0.15, 0.2) is 30.3 Å². The Balaban J connectivity index is 3.08. The lowest BCUT2D eigenvalue weighted by Gasteiger charge is -2.20. The Morgan fingerprint density at radius 2 is 1.75 bits per heavy atom. The summed E-state index contributed by atoms with van der Waals surface area (Å²) in [7, 11) is 0. The number of hydrogen-bond acceptors (Lipinski definition) is 2. The maximum atomic E-state index is 11.7. The van der Waals surface area contributed by atoms with E-state index in [-0.39, 0.29) is 17.3 Å². The van der Waals surface area contributed by atoms with Crippen LogP contribution in [0.5, 0.6) is 0 Å². The van der Waals surface area contributed by atoms with E-state index in [9.17, 15) is 4.79 Å². The summed E-state index contributed by atoms with van der Waals surface area (Å²) in [5.74, 6) is 0.0102. The van der Waals surface area contributed by atoms with Crippen molar-refractivity contribution < 1.29 is 9.53 Å². The minimum absolute atomic E-state index is 0.140. The Bertz CT molecular complexity index is 473. The van der Waals surface area contributed by atoms with E-state index in [1.807, 2.05) is 6.92 Å². The molecule has 1 aromatic carbocycles. The first kappa shape index (κ1) is 16.5. The highest BCUT2D eigenvalue weighted by Crippen LogP contribution is 2.27. The van der Waals surface area contributed by atoms with Crippen LogP contribution in [0, 0.1) is 5.92 Å². The molecule has 2 heteroatoms. The van der Waals surface area contributed by atoms with Gasteiger partial charge in [0.25, 0.3) is 0 Å². The molecule has 0 bridgehead atoms. The first-order valence-corrected chi connectivity index (χ1v) is 7.25. The molecule has 0 atom stereocenters. The van der Waals surface area contributed by atoms with Gasteiger partial charge in [-0.2, -0.15) is 0 Å². The number of carbonyl (C=O) groups excluding carboxylic acids is 1. The van der Waals surface area contributed by atoms with E-state index in [1.165, 1.54) is 5.56 Å². The molecule has 1 aromatic rings. The third kappa shape index (κ3) is 4.52. The quantitative estimate of drug-likeness (QED) is 0.593. The first-order chi connectivity index (χ1) is 9.25. The predicted octanol–water partition coefficient (Wildman–Crippen LogP) is 4.59. The molecule has 0 radical (unpaired) electrons. The molecule has 20 heavy (non-hydrogen) atoms. The number of benzene rings is 1. The summed E-state index contributed by atoms with van der Waals surface area (Å²) in [4.78, 5) is 11.7. The van der Waals surface area contributed by atoms with Crippen molar-refractivity contribution in [1.29, 1.82) is 0 Å². The first-order valence-electron chi connectivity index (χ1n) is 7.25. The molecule has 0 unspecified atom stereocenters. The van der Waals surface area contributed by atoms with E-state index in [1.54, 1.807) is 6.08 Å². The SMILES string of the molecule is CCOC(=O)C=C(c1ccc(C(C)(C)C)cc1)C(C)C. The van der Waals surface area contributed by atoms with Crippen LogP contribution in [0.25, 0.3) is 5.57 Å². The Labute approximate surface area is 122 Å². The summed E-state index contributed by atoms with van der Waals surface area (Å²) in [6.45, 7) is 13.0. The van der Waals surface area contributed by atoms with E-state index >= 15 is 0 Å². The van der Waals surface area contributed by atoms with Gasteiger partial charge in [-0.3, -0.25) is 0 Å². The molecular weight excluding hydrogens is 248 g/mol. The minimum Gasteiger partial charge on any atom is -0.463 e. The molecule has 1 rings (SSSR count). The average Bonchev–Trinajstić information content (AvgIpc) is 2.35. The number of ether oxygens (including phenoxy) is 1. The summed E-state index contributed by atoms with van der Waals surface area (Å²) in [6.07, 6.45) is 1.61. The molecule has 0 fully saturated rings. The van der Waals surface area contributed by atoms with Crippen molar-refractivity contribution in [3.8, 4) is 0 Å². The molecule has 0 spiro atoms. The molecule has 0 amide bonds. The molecule has 0 aliphatic heterocycles. The van der Waals surface area contributed by atoms with Crippen molar-refractivity contribution in [3.05, 3.63) is 41.5 Å². The minimum atomic E-state index is -0.268. The predicted molar refractivity (Wildman–Crippen MR) is 84.6 cm³/mol. The smallest absolute Gasteiger partial charge is 0.331 e. The van der Waals surface area contributed by atoms with E-state index < -0.39 is 0 Å². The van der Waals surface area contributed by atoms with Gasteiger partial charge in [-0.1, -0.05) is 58.9 Å². The lowest BCUT2D eigenvalue weighted by Crippen LogP contribution is -2.11. The van der Waals surface area contributed by atoms with Crippen LogP contribution in [-0.4, -0.2) is 12.6 Å². The molecule has 2 nitrogen and oxygen atoms in total. The summed E-state index contributed by atoms with van der Waals surface area (Å²) in [5.41, 5.74) is 3.53. The van der Waals surface area contributed by atoms with Crippen LogP contribution >= 0.6 is 0 Å². The third-order valence-corrected chi connectivity index (χ3v) is 3.27. The largest absolute Gasteiger partial charge is 0.463 e. The van der Waals surface area contributed by atoms with Gasteiger partial charge in [-0.05, 0) is 35.0 Å². The highest BCUT2D eigenvalue weighted by Gasteiger charge is 2.15. The highest BCUT2D eigenvalue weighted by atomic mass is 16.5. The Kier molecular flexibility index (Phi) is 5.55. The summed E-state index contributed by atoms with van der Waals surface area (Å²) >= 11 is 0. The van der Waals surface area contributed by atoms with Crippen molar-refractivity contribution in [2.45, 2.75) is 47.0 Å². The fourth-order valence-corrected chi connectivity index (χ4v) is 2.06. The maximum absolute atomic E-state index is 11.7. The van der Waals surface area contributed by atoms with Gasteiger partial charge in [0.2, 0.25) is 0 Å². The zero-order valence-corrected chi connectivity index (χ0v) is 13.5. The van der Waals surface area contributed by atoms with Crippen LogP contribution in [0.1, 0.15) is 52.7 Å². The number of rotatable bonds is 4. The molecular formula is C18H26O2. The van der Waals surface area contributed by atoms with Gasteiger partial charge in [0.15, 0.2) is 0 Å². The maximum Gasteiger partial charge on any atom is 0.331 e. The van der Waals surface area contributed by atoms with Gasteiger partial charge in [0.05, 0.1) is 6.61 Å². The highest BCUT2D eigenvalue weighted by molar-refractivity contribution is 5.91. The molecule has 0 aliphatic rings. The second-order valence-electron chi connectivity index (χ2n) is 6.33. The van der Waals surface area contributed by atoms with E-state index in [4.69, 9.17) is 4.74 Å². The van der Waals surface area contributed by atoms with Crippen molar-refractivity contribution in [2.24, 2.45) is 5.92 Å².